The highest BCUT2D eigenvalue weighted by Gasteiger charge is 2.11. The number of benzene rings is 1. The van der Waals surface area contributed by atoms with Crippen LogP contribution in [0.1, 0.15) is 44.6 Å². The van der Waals surface area contributed by atoms with Crippen LogP contribution in [0, 0.1) is 0 Å². The Labute approximate surface area is 149 Å². The number of nitrogens with one attached hydrogen (secondary N) is 2. The molecular weight excluding hydrogens is 314 g/mol. The lowest BCUT2D eigenvalue weighted by Crippen LogP contribution is -2.32. The number of carbonyl (C=O) groups excluding carboxylic acids is 1. The molecule has 0 radical (unpaired) electrons. The molecule has 0 saturated heterocycles. The van der Waals surface area contributed by atoms with Gasteiger partial charge in [0, 0.05) is 36.7 Å². The van der Waals surface area contributed by atoms with E-state index in [2.05, 4.69) is 51.5 Å². The van der Waals surface area contributed by atoms with E-state index in [1.54, 1.807) is 12.3 Å². The number of aromatic nitrogens is 2. The van der Waals surface area contributed by atoms with Crippen LogP contribution in [-0.4, -0.2) is 35.0 Å². The average Bonchev–Trinajstić information content (AvgIpc) is 2.64. The highest BCUT2D eigenvalue weighted by atomic mass is 16.1. The van der Waals surface area contributed by atoms with Crippen molar-refractivity contribution in [3.63, 3.8) is 0 Å². The van der Waals surface area contributed by atoms with Gasteiger partial charge in [0.05, 0.1) is 0 Å². The first-order chi connectivity index (χ1) is 12.1. The Hall–Kier alpha value is -2.63. The van der Waals surface area contributed by atoms with E-state index in [4.69, 9.17) is 0 Å². The summed E-state index contributed by atoms with van der Waals surface area (Å²) in [6.45, 7) is 10.2. The third-order valence-electron chi connectivity index (χ3n) is 4.13. The number of hydrogen-bond acceptors (Lipinski definition) is 5. The molecule has 1 heterocycles. The molecular formula is C19H27N5O. The summed E-state index contributed by atoms with van der Waals surface area (Å²) < 4.78 is 0. The SMILES string of the molecule is CCC(C)NC(=O)c1ccnc(Nc2ccc(N(CC)CC)cc2)n1. The van der Waals surface area contributed by atoms with Crippen molar-refractivity contribution in [2.75, 3.05) is 23.3 Å². The maximum Gasteiger partial charge on any atom is 0.270 e. The molecule has 0 saturated carbocycles. The van der Waals surface area contributed by atoms with Crippen molar-refractivity contribution in [3.05, 3.63) is 42.2 Å². The first-order valence-corrected chi connectivity index (χ1v) is 8.83. The molecule has 0 aliphatic rings. The second kappa shape index (κ2) is 9.01. The van der Waals surface area contributed by atoms with Crippen molar-refractivity contribution >= 4 is 23.2 Å². The molecule has 0 spiro atoms. The summed E-state index contributed by atoms with van der Waals surface area (Å²) in [6, 6.07) is 9.84. The topological polar surface area (TPSA) is 70.2 Å². The molecule has 2 aromatic rings. The molecule has 2 rings (SSSR count). The Balaban J connectivity index is 2.08. The van der Waals surface area contributed by atoms with Crippen LogP contribution >= 0.6 is 0 Å². The normalized spacial score (nSPS) is 11.7. The van der Waals surface area contributed by atoms with Crippen LogP contribution in [0.4, 0.5) is 17.3 Å². The zero-order chi connectivity index (χ0) is 18.2. The Kier molecular flexibility index (Phi) is 6.74. The molecule has 1 atom stereocenters. The van der Waals surface area contributed by atoms with Crippen molar-refractivity contribution < 1.29 is 4.79 Å². The highest BCUT2D eigenvalue weighted by Crippen LogP contribution is 2.19. The van der Waals surface area contributed by atoms with E-state index in [1.807, 2.05) is 26.0 Å². The number of hydrogen-bond donors (Lipinski definition) is 2. The number of carbonyl (C=O) groups is 1. The van der Waals surface area contributed by atoms with Crippen LogP contribution in [-0.2, 0) is 0 Å². The van der Waals surface area contributed by atoms with Crippen molar-refractivity contribution in [1.82, 2.24) is 15.3 Å². The summed E-state index contributed by atoms with van der Waals surface area (Å²) in [5, 5.41) is 6.06. The number of anilines is 3. The highest BCUT2D eigenvalue weighted by molar-refractivity contribution is 5.92. The van der Waals surface area contributed by atoms with E-state index in [0.29, 0.717) is 11.6 Å². The zero-order valence-corrected chi connectivity index (χ0v) is 15.4. The summed E-state index contributed by atoms with van der Waals surface area (Å²) in [5.74, 6) is 0.226. The molecule has 134 valence electrons. The van der Waals surface area contributed by atoms with Crippen LogP contribution in [0.25, 0.3) is 0 Å². The largest absolute Gasteiger partial charge is 0.372 e. The molecule has 1 aromatic heterocycles. The number of rotatable bonds is 8. The molecule has 0 fully saturated rings. The van der Waals surface area contributed by atoms with Gasteiger partial charge in [-0.15, -0.1) is 0 Å². The van der Waals surface area contributed by atoms with Crippen LogP contribution in [0.3, 0.4) is 0 Å². The summed E-state index contributed by atoms with van der Waals surface area (Å²) in [4.78, 5) is 22.9. The summed E-state index contributed by atoms with van der Waals surface area (Å²) >= 11 is 0. The minimum atomic E-state index is -0.184. The maximum absolute atomic E-state index is 12.2. The smallest absolute Gasteiger partial charge is 0.270 e. The Morgan fingerprint density at radius 2 is 1.80 bits per heavy atom. The molecule has 0 aliphatic heterocycles. The van der Waals surface area contributed by atoms with E-state index in [9.17, 15) is 4.79 Å². The molecule has 2 N–H and O–H groups in total. The lowest BCUT2D eigenvalue weighted by atomic mass is 10.2. The van der Waals surface area contributed by atoms with E-state index in [1.165, 1.54) is 5.69 Å². The van der Waals surface area contributed by atoms with Crippen LogP contribution < -0.4 is 15.5 Å². The molecule has 0 aliphatic carbocycles. The Bertz CT molecular complexity index is 682. The number of nitrogens with zero attached hydrogens (tertiary/aromatic N) is 3. The fraction of sp³-hybridized carbons (Fsp3) is 0.421. The first-order valence-electron chi connectivity index (χ1n) is 8.83. The predicted molar refractivity (Wildman–Crippen MR) is 103 cm³/mol. The van der Waals surface area contributed by atoms with Gasteiger partial charge >= 0.3 is 0 Å². The van der Waals surface area contributed by atoms with Gasteiger partial charge in [0.2, 0.25) is 5.95 Å². The second-order valence-electron chi connectivity index (χ2n) is 5.89. The van der Waals surface area contributed by atoms with Gasteiger partial charge in [0.25, 0.3) is 5.91 Å². The van der Waals surface area contributed by atoms with Gasteiger partial charge in [-0.25, -0.2) is 9.97 Å². The van der Waals surface area contributed by atoms with Crippen molar-refractivity contribution in [1.29, 1.82) is 0 Å². The molecule has 6 heteroatoms. The van der Waals surface area contributed by atoms with E-state index in [-0.39, 0.29) is 11.9 Å². The zero-order valence-electron chi connectivity index (χ0n) is 15.4. The predicted octanol–water partition coefficient (Wildman–Crippen LogP) is 3.59. The van der Waals surface area contributed by atoms with Crippen molar-refractivity contribution in [3.8, 4) is 0 Å². The molecule has 1 amide bonds. The fourth-order valence-electron chi connectivity index (χ4n) is 2.42. The van der Waals surface area contributed by atoms with Crippen LogP contribution in [0.5, 0.6) is 0 Å². The average molecular weight is 341 g/mol. The second-order valence-corrected chi connectivity index (χ2v) is 5.89. The van der Waals surface area contributed by atoms with Crippen LogP contribution in [0.2, 0.25) is 0 Å². The van der Waals surface area contributed by atoms with Crippen LogP contribution in [0.15, 0.2) is 36.5 Å². The lowest BCUT2D eigenvalue weighted by Gasteiger charge is -2.21. The minimum Gasteiger partial charge on any atom is -0.372 e. The summed E-state index contributed by atoms with van der Waals surface area (Å²) in [5.41, 5.74) is 2.42. The van der Waals surface area contributed by atoms with E-state index >= 15 is 0 Å². The van der Waals surface area contributed by atoms with Gasteiger partial charge in [0.15, 0.2) is 0 Å². The van der Waals surface area contributed by atoms with Crippen molar-refractivity contribution in [2.45, 2.75) is 40.2 Å². The first kappa shape index (κ1) is 18.7. The van der Waals surface area contributed by atoms with Gasteiger partial charge in [-0.1, -0.05) is 6.92 Å². The molecule has 1 unspecified atom stereocenters. The Morgan fingerprint density at radius 3 is 2.40 bits per heavy atom. The third kappa shape index (κ3) is 5.17. The van der Waals surface area contributed by atoms with E-state index in [0.717, 1.165) is 25.2 Å². The van der Waals surface area contributed by atoms with Gasteiger partial charge in [-0.05, 0) is 57.5 Å². The van der Waals surface area contributed by atoms with E-state index < -0.39 is 0 Å². The molecule has 1 aromatic carbocycles. The van der Waals surface area contributed by atoms with Crippen molar-refractivity contribution in [2.24, 2.45) is 0 Å². The number of amides is 1. The standard InChI is InChI=1S/C19H27N5O/c1-5-14(4)21-18(25)17-12-13-20-19(23-17)22-15-8-10-16(11-9-15)24(6-2)7-3/h8-14H,5-7H2,1-4H3,(H,21,25)(H,20,22,23). The monoisotopic (exact) mass is 341 g/mol. The molecule has 25 heavy (non-hydrogen) atoms. The third-order valence-corrected chi connectivity index (χ3v) is 4.13. The van der Waals surface area contributed by atoms with Gasteiger partial charge < -0.3 is 15.5 Å². The quantitative estimate of drug-likeness (QED) is 0.768. The van der Waals surface area contributed by atoms with Gasteiger partial charge in [0.1, 0.15) is 5.69 Å². The van der Waals surface area contributed by atoms with Gasteiger partial charge in [-0.2, -0.15) is 0 Å². The molecule has 6 nitrogen and oxygen atoms in total. The summed E-state index contributed by atoms with van der Waals surface area (Å²) in [7, 11) is 0. The minimum absolute atomic E-state index is 0.117. The van der Waals surface area contributed by atoms with Gasteiger partial charge in [-0.3, -0.25) is 4.79 Å². The lowest BCUT2D eigenvalue weighted by molar-refractivity contribution is 0.0934. The Morgan fingerprint density at radius 1 is 1.12 bits per heavy atom. The maximum atomic E-state index is 12.2. The molecule has 0 bridgehead atoms. The summed E-state index contributed by atoms with van der Waals surface area (Å²) in [6.07, 6.45) is 2.46. The fourth-order valence-corrected chi connectivity index (χ4v) is 2.42.